The summed E-state index contributed by atoms with van der Waals surface area (Å²) in [6.45, 7) is 1.70. The predicted octanol–water partition coefficient (Wildman–Crippen LogP) is 3.90. The number of halogens is 1. The Morgan fingerprint density at radius 3 is 2.94 bits per heavy atom. The van der Waals surface area contributed by atoms with Crippen molar-refractivity contribution in [2.45, 2.75) is 13.3 Å². The summed E-state index contributed by atoms with van der Waals surface area (Å²) in [5, 5.41) is 11.7. The minimum absolute atomic E-state index is 0.385. The number of carboxylic acids is 1. The number of nitrogens with zero attached hydrogens (tertiary/aromatic N) is 1. The summed E-state index contributed by atoms with van der Waals surface area (Å²) in [6.07, 6.45) is 0.493. The van der Waals surface area contributed by atoms with Gasteiger partial charge in [-0.15, -0.1) is 22.7 Å². The number of carboxylic acid groups (broad SMARTS) is 1. The summed E-state index contributed by atoms with van der Waals surface area (Å²) in [5.74, 6) is -1.16. The van der Waals surface area contributed by atoms with Gasteiger partial charge in [0.1, 0.15) is 0 Å². The van der Waals surface area contributed by atoms with Crippen molar-refractivity contribution < 1.29 is 9.90 Å². The fourth-order valence-electron chi connectivity index (χ4n) is 1.32. The Bertz CT molecular complexity index is 535. The Labute approximate surface area is 115 Å². The smallest absolute Gasteiger partial charge is 0.306 e. The fraction of sp³-hybridized carbons (Fsp3) is 0.273. The van der Waals surface area contributed by atoms with Crippen molar-refractivity contribution in [2.24, 2.45) is 5.92 Å². The summed E-state index contributed by atoms with van der Waals surface area (Å²) >= 11 is 6.55. The van der Waals surface area contributed by atoms with Crippen molar-refractivity contribution >= 4 is 44.6 Å². The quantitative estimate of drug-likeness (QED) is 0.924. The number of thiophene rings is 1. The number of aliphatic carboxylic acids is 1. The summed E-state index contributed by atoms with van der Waals surface area (Å²) < 4.78 is 1.07. The lowest BCUT2D eigenvalue weighted by atomic mass is 10.1. The van der Waals surface area contributed by atoms with Crippen molar-refractivity contribution in [1.29, 1.82) is 0 Å². The highest BCUT2D eigenvalue weighted by Crippen LogP contribution is 2.32. The molecule has 0 amide bonds. The number of rotatable bonds is 4. The van der Waals surface area contributed by atoms with E-state index in [1.165, 1.54) is 11.3 Å². The molecule has 0 bridgehead atoms. The van der Waals surface area contributed by atoms with Gasteiger partial charge in [0.15, 0.2) is 0 Å². The number of thiazole rings is 1. The number of hydrogen-bond donors (Lipinski definition) is 1. The molecule has 1 N–H and O–H groups in total. The molecule has 0 saturated carbocycles. The van der Waals surface area contributed by atoms with Crippen LogP contribution >= 0.6 is 38.6 Å². The van der Waals surface area contributed by atoms with Gasteiger partial charge in [-0.2, -0.15) is 0 Å². The van der Waals surface area contributed by atoms with Gasteiger partial charge in [-0.25, -0.2) is 4.98 Å². The van der Waals surface area contributed by atoms with Crippen LogP contribution in [0.2, 0.25) is 0 Å². The molecule has 3 nitrogen and oxygen atoms in total. The largest absolute Gasteiger partial charge is 0.481 e. The van der Waals surface area contributed by atoms with E-state index in [1.807, 2.05) is 17.5 Å². The lowest BCUT2D eigenvalue weighted by molar-refractivity contribution is -0.141. The van der Waals surface area contributed by atoms with Crippen LogP contribution < -0.4 is 0 Å². The maximum Gasteiger partial charge on any atom is 0.306 e. The Morgan fingerprint density at radius 2 is 2.35 bits per heavy atom. The molecule has 6 heteroatoms. The Hall–Kier alpha value is -0.720. The molecule has 0 aliphatic carbocycles. The van der Waals surface area contributed by atoms with Gasteiger partial charge in [-0.3, -0.25) is 4.79 Å². The first kappa shape index (κ1) is 12.7. The third-order valence-electron chi connectivity index (χ3n) is 2.28. The molecular formula is C11H10BrNO2S2. The highest BCUT2D eigenvalue weighted by molar-refractivity contribution is 9.11. The molecule has 90 valence electrons. The molecule has 0 aliphatic heterocycles. The van der Waals surface area contributed by atoms with Crippen molar-refractivity contribution in [2.75, 3.05) is 0 Å². The second kappa shape index (κ2) is 5.29. The lowest BCUT2D eigenvalue weighted by Crippen LogP contribution is -2.11. The third-order valence-corrected chi connectivity index (χ3v) is 4.80. The molecule has 0 saturated heterocycles. The van der Waals surface area contributed by atoms with Gasteiger partial charge in [-0.05, 0) is 28.1 Å². The molecule has 0 aromatic carbocycles. The van der Waals surface area contributed by atoms with Gasteiger partial charge >= 0.3 is 5.97 Å². The van der Waals surface area contributed by atoms with Crippen molar-refractivity contribution in [3.8, 4) is 10.6 Å². The van der Waals surface area contributed by atoms with E-state index >= 15 is 0 Å². The minimum atomic E-state index is -0.777. The monoisotopic (exact) mass is 331 g/mol. The molecule has 17 heavy (non-hydrogen) atoms. The summed E-state index contributed by atoms with van der Waals surface area (Å²) in [4.78, 5) is 16.3. The fourth-order valence-corrected chi connectivity index (χ4v) is 3.66. The second-order valence-corrected chi connectivity index (χ2v) is 7.08. The molecule has 0 fully saturated rings. The van der Waals surface area contributed by atoms with Crippen LogP contribution in [-0.4, -0.2) is 16.1 Å². The van der Waals surface area contributed by atoms with E-state index in [0.717, 1.165) is 19.4 Å². The van der Waals surface area contributed by atoms with Crippen LogP contribution in [0.5, 0.6) is 0 Å². The van der Waals surface area contributed by atoms with Crippen LogP contribution in [0.1, 0.15) is 11.9 Å². The van der Waals surface area contributed by atoms with E-state index in [0.29, 0.717) is 6.42 Å². The molecule has 2 rings (SSSR count). The van der Waals surface area contributed by atoms with E-state index in [2.05, 4.69) is 20.9 Å². The standard InChI is InChI=1S/C11H10BrNO2S2/c1-6(11(14)15)4-10-13-7(5-16-10)8-2-3-9(12)17-8/h2-3,5-6H,4H2,1H3,(H,14,15). The topological polar surface area (TPSA) is 50.2 Å². The first-order valence-electron chi connectivity index (χ1n) is 4.99. The molecular weight excluding hydrogens is 322 g/mol. The molecule has 1 unspecified atom stereocenters. The summed E-state index contributed by atoms with van der Waals surface area (Å²) in [7, 11) is 0. The molecule has 2 heterocycles. The summed E-state index contributed by atoms with van der Waals surface area (Å²) in [5.41, 5.74) is 0.929. The molecule has 2 aromatic rings. The van der Waals surface area contributed by atoms with Crippen molar-refractivity contribution in [3.05, 3.63) is 26.3 Å². The van der Waals surface area contributed by atoms with Gasteiger partial charge in [0.05, 0.1) is 25.3 Å². The molecule has 0 radical (unpaired) electrons. The molecule has 1 atom stereocenters. The van der Waals surface area contributed by atoms with Crippen LogP contribution in [-0.2, 0) is 11.2 Å². The number of hydrogen-bond acceptors (Lipinski definition) is 4. The maximum absolute atomic E-state index is 10.8. The van der Waals surface area contributed by atoms with Gasteiger partial charge in [0.25, 0.3) is 0 Å². The van der Waals surface area contributed by atoms with Crippen molar-refractivity contribution in [1.82, 2.24) is 4.98 Å². The Balaban J connectivity index is 2.13. The van der Waals surface area contributed by atoms with Crippen molar-refractivity contribution in [3.63, 3.8) is 0 Å². The summed E-state index contributed by atoms with van der Waals surface area (Å²) in [6, 6.07) is 3.99. The van der Waals surface area contributed by atoms with Crippen LogP contribution in [0.4, 0.5) is 0 Å². The van der Waals surface area contributed by atoms with E-state index in [-0.39, 0.29) is 5.92 Å². The highest BCUT2D eigenvalue weighted by Gasteiger charge is 2.14. The highest BCUT2D eigenvalue weighted by atomic mass is 79.9. The van der Waals surface area contributed by atoms with Crippen LogP contribution in [0.25, 0.3) is 10.6 Å². The lowest BCUT2D eigenvalue weighted by Gasteiger charge is -2.01. The molecule has 2 aromatic heterocycles. The number of aromatic nitrogens is 1. The van der Waals surface area contributed by atoms with Crippen LogP contribution in [0.15, 0.2) is 21.3 Å². The Morgan fingerprint density at radius 1 is 1.59 bits per heavy atom. The maximum atomic E-state index is 10.8. The Kier molecular flexibility index (Phi) is 3.96. The molecule has 0 spiro atoms. The second-order valence-electron chi connectivity index (χ2n) is 3.67. The average Bonchev–Trinajstić information content (AvgIpc) is 2.86. The predicted molar refractivity (Wildman–Crippen MR) is 73.6 cm³/mol. The minimum Gasteiger partial charge on any atom is -0.481 e. The molecule has 0 aliphatic rings. The van der Waals surface area contributed by atoms with Crippen LogP contribution in [0, 0.1) is 5.92 Å². The zero-order valence-corrected chi connectivity index (χ0v) is 12.2. The number of carbonyl (C=O) groups is 1. The van der Waals surface area contributed by atoms with Gasteiger partial charge in [0, 0.05) is 11.8 Å². The van der Waals surface area contributed by atoms with Gasteiger partial charge in [-0.1, -0.05) is 6.92 Å². The van der Waals surface area contributed by atoms with Gasteiger partial charge < -0.3 is 5.11 Å². The SMILES string of the molecule is CC(Cc1nc(-c2ccc(Br)s2)cs1)C(=O)O. The first-order chi connectivity index (χ1) is 8.06. The van der Waals surface area contributed by atoms with Crippen LogP contribution in [0.3, 0.4) is 0 Å². The normalized spacial score (nSPS) is 12.6. The van der Waals surface area contributed by atoms with E-state index in [4.69, 9.17) is 5.11 Å². The average molecular weight is 332 g/mol. The first-order valence-corrected chi connectivity index (χ1v) is 7.48. The third kappa shape index (κ3) is 3.14. The van der Waals surface area contributed by atoms with E-state index in [1.54, 1.807) is 18.3 Å². The van der Waals surface area contributed by atoms with E-state index in [9.17, 15) is 4.79 Å². The zero-order valence-electron chi connectivity index (χ0n) is 9.01. The van der Waals surface area contributed by atoms with E-state index < -0.39 is 5.97 Å². The zero-order chi connectivity index (χ0) is 12.4. The van der Waals surface area contributed by atoms with Gasteiger partial charge in [0.2, 0.25) is 0 Å².